The van der Waals surface area contributed by atoms with Gasteiger partial charge in [-0.2, -0.15) is 0 Å². The van der Waals surface area contributed by atoms with Gasteiger partial charge in [-0.3, -0.25) is 18.9 Å². The minimum atomic E-state index is -0.198. The third-order valence-electron chi connectivity index (χ3n) is 6.92. The van der Waals surface area contributed by atoms with Crippen molar-refractivity contribution in [3.05, 3.63) is 80.6 Å². The molecule has 0 saturated carbocycles. The molecule has 0 radical (unpaired) electrons. The first kappa shape index (κ1) is 23.8. The summed E-state index contributed by atoms with van der Waals surface area (Å²) in [7, 11) is 0. The molecule has 35 heavy (non-hydrogen) atoms. The van der Waals surface area contributed by atoms with E-state index in [-0.39, 0.29) is 17.5 Å². The van der Waals surface area contributed by atoms with Gasteiger partial charge in [-0.25, -0.2) is 4.98 Å². The molecule has 0 bridgehead atoms. The number of carbonyl (C=O) groups excluding carboxylic acids is 1. The van der Waals surface area contributed by atoms with E-state index in [1.165, 1.54) is 11.8 Å². The zero-order valence-electron chi connectivity index (χ0n) is 20.1. The van der Waals surface area contributed by atoms with Crippen molar-refractivity contribution in [2.24, 2.45) is 5.92 Å². The summed E-state index contributed by atoms with van der Waals surface area (Å²) < 4.78 is 2.07. The molecule has 180 valence electrons. The fourth-order valence-electron chi connectivity index (χ4n) is 4.71. The molecule has 2 aromatic heterocycles. The Morgan fingerprint density at radius 2 is 1.83 bits per heavy atom. The van der Waals surface area contributed by atoms with Crippen molar-refractivity contribution in [1.29, 1.82) is 0 Å². The van der Waals surface area contributed by atoms with Gasteiger partial charge in [-0.1, -0.05) is 67.3 Å². The molecule has 1 atom stereocenters. The molecule has 5 rings (SSSR count). The number of nitrogens with zero attached hydrogens (tertiary/aromatic N) is 4. The molecule has 6 nitrogen and oxygen atoms in total. The Bertz CT molecular complexity index is 1390. The van der Waals surface area contributed by atoms with Gasteiger partial charge in [0.2, 0.25) is 0 Å². The predicted octanol–water partition coefficient (Wildman–Crippen LogP) is 5.20. The quantitative estimate of drug-likeness (QED) is 0.360. The van der Waals surface area contributed by atoms with Crippen molar-refractivity contribution >= 4 is 51.7 Å². The van der Waals surface area contributed by atoms with Crippen molar-refractivity contribution in [1.82, 2.24) is 14.3 Å². The summed E-state index contributed by atoms with van der Waals surface area (Å²) in [6, 6.07) is 13.4. The number of carbonyl (C=O) groups is 1. The Balaban J connectivity index is 1.60. The summed E-state index contributed by atoms with van der Waals surface area (Å²) in [5.41, 5.74) is 2.86. The third-order valence-corrected chi connectivity index (χ3v) is 8.25. The van der Waals surface area contributed by atoms with Crippen LogP contribution < -0.4 is 10.5 Å². The minimum absolute atomic E-state index is 0.173. The molecule has 0 N–H and O–H groups in total. The minimum Gasteiger partial charge on any atom is -0.356 e. The van der Waals surface area contributed by atoms with Crippen LogP contribution in [0.15, 0.2) is 58.4 Å². The van der Waals surface area contributed by atoms with Crippen LogP contribution in [0.1, 0.15) is 49.4 Å². The highest BCUT2D eigenvalue weighted by Crippen LogP contribution is 2.38. The number of thioether (sulfide) groups is 1. The summed E-state index contributed by atoms with van der Waals surface area (Å²) in [4.78, 5) is 36.4. The smallest absolute Gasteiger partial charge is 0.267 e. The normalized spacial score (nSPS) is 19.2. The lowest BCUT2D eigenvalue weighted by atomic mass is 9.99. The second-order valence-electron chi connectivity index (χ2n) is 9.35. The van der Waals surface area contributed by atoms with Crippen LogP contribution in [0.4, 0.5) is 5.82 Å². The number of aromatic nitrogens is 2. The van der Waals surface area contributed by atoms with Gasteiger partial charge in [0.25, 0.3) is 11.5 Å². The summed E-state index contributed by atoms with van der Waals surface area (Å²) in [6.07, 6.45) is 5.53. The monoisotopic (exact) mass is 504 g/mol. The lowest BCUT2D eigenvalue weighted by molar-refractivity contribution is -0.123. The Morgan fingerprint density at radius 1 is 1.11 bits per heavy atom. The molecule has 2 fully saturated rings. The number of benzene rings is 1. The highest BCUT2D eigenvalue weighted by molar-refractivity contribution is 8.26. The Hall–Kier alpha value is -2.97. The van der Waals surface area contributed by atoms with E-state index in [9.17, 15) is 9.59 Å². The molecule has 4 heterocycles. The van der Waals surface area contributed by atoms with Crippen LogP contribution in [0.25, 0.3) is 11.7 Å². The van der Waals surface area contributed by atoms with Gasteiger partial charge in [0.15, 0.2) is 0 Å². The average molecular weight is 505 g/mol. The first-order valence-corrected chi connectivity index (χ1v) is 13.2. The summed E-state index contributed by atoms with van der Waals surface area (Å²) in [5.74, 6) is 1.12. The number of piperidine rings is 1. The maximum atomic E-state index is 13.7. The van der Waals surface area contributed by atoms with Gasteiger partial charge in [-0.15, -0.1) is 0 Å². The van der Waals surface area contributed by atoms with E-state index in [0.717, 1.165) is 37.1 Å². The van der Waals surface area contributed by atoms with E-state index in [2.05, 4.69) is 11.8 Å². The molecule has 8 heteroatoms. The zero-order chi connectivity index (χ0) is 24.7. The lowest BCUT2D eigenvalue weighted by Crippen LogP contribution is -2.36. The van der Waals surface area contributed by atoms with Gasteiger partial charge < -0.3 is 4.90 Å². The number of hydrogen-bond donors (Lipinski definition) is 0. The summed E-state index contributed by atoms with van der Waals surface area (Å²) >= 11 is 6.85. The highest BCUT2D eigenvalue weighted by atomic mass is 32.2. The van der Waals surface area contributed by atoms with Gasteiger partial charge >= 0.3 is 0 Å². The molecule has 2 aliphatic heterocycles. The van der Waals surface area contributed by atoms with Gasteiger partial charge in [0.05, 0.1) is 16.5 Å². The van der Waals surface area contributed by atoms with Crippen molar-refractivity contribution in [2.75, 3.05) is 18.0 Å². The van der Waals surface area contributed by atoms with Crippen molar-refractivity contribution in [3.63, 3.8) is 0 Å². The molecular formula is C27H28N4O2S2. The molecule has 3 aromatic rings. The van der Waals surface area contributed by atoms with Crippen LogP contribution in [0, 0.1) is 12.8 Å². The fourth-order valence-corrected chi connectivity index (χ4v) is 6.11. The van der Waals surface area contributed by atoms with E-state index < -0.39 is 0 Å². The van der Waals surface area contributed by atoms with Gasteiger partial charge in [-0.05, 0) is 55.9 Å². The topological polar surface area (TPSA) is 57.9 Å². The zero-order valence-corrected chi connectivity index (χ0v) is 21.7. The number of hydrogen-bond acceptors (Lipinski definition) is 6. The van der Waals surface area contributed by atoms with Gasteiger partial charge in [0, 0.05) is 19.3 Å². The van der Waals surface area contributed by atoms with E-state index in [0.29, 0.717) is 32.2 Å². The molecule has 2 saturated heterocycles. The Kier molecular flexibility index (Phi) is 6.51. The van der Waals surface area contributed by atoms with Crippen LogP contribution in [-0.2, 0) is 4.79 Å². The van der Waals surface area contributed by atoms with Crippen LogP contribution >= 0.6 is 24.0 Å². The average Bonchev–Trinajstić information content (AvgIpc) is 3.14. The number of pyridine rings is 1. The summed E-state index contributed by atoms with van der Waals surface area (Å²) in [5, 5.41) is 0. The van der Waals surface area contributed by atoms with Crippen LogP contribution in [0.2, 0.25) is 0 Å². The number of thiocarbonyl (C=S) groups is 1. The van der Waals surface area contributed by atoms with E-state index in [1.807, 2.05) is 56.3 Å². The molecular weight excluding hydrogens is 476 g/mol. The Morgan fingerprint density at radius 3 is 2.54 bits per heavy atom. The van der Waals surface area contributed by atoms with Crippen molar-refractivity contribution in [2.45, 2.75) is 39.7 Å². The third kappa shape index (κ3) is 4.41. The first-order chi connectivity index (χ1) is 16.8. The molecule has 1 aromatic carbocycles. The van der Waals surface area contributed by atoms with E-state index in [4.69, 9.17) is 17.2 Å². The van der Waals surface area contributed by atoms with Crippen molar-refractivity contribution < 1.29 is 4.79 Å². The standard InChI is InChI=1S/C27H28N4O2S2/c1-17-11-14-29(15-12-17)24-21(25(32)30-13-7-8-18(2)23(30)28-24)16-22-26(33)31(27(34)35-22)19(3)20-9-5-4-6-10-20/h4-10,13,16-17,19H,11-12,14-15H2,1-3H3/b22-16-/t19-/m0/s1. The maximum Gasteiger partial charge on any atom is 0.267 e. The lowest BCUT2D eigenvalue weighted by Gasteiger charge is -2.32. The molecule has 0 unspecified atom stereocenters. The van der Waals surface area contributed by atoms with Crippen LogP contribution in [0.3, 0.4) is 0 Å². The Labute approximate surface area is 214 Å². The van der Waals surface area contributed by atoms with Gasteiger partial charge in [0.1, 0.15) is 15.8 Å². The van der Waals surface area contributed by atoms with Crippen LogP contribution in [0.5, 0.6) is 0 Å². The largest absolute Gasteiger partial charge is 0.356 e. The van der Waals surface area contributed by atoms with Crippen LogP contribution in [-0.4, -0.2) is 37.6 Å². The molecule has 1 amide bonds. The molecule has 2 aliphatic rings. The number of aryl methyl sites for hydroxylation is 1. The predicted molar refractivity (Wildman–Crippen MR) is 147 cm³/mol. The molecule has 0 aliphatic carbocycles. The highest BCUT2D eigenvalue weighted by Gasteiger charge is 2.36. The second-order valence-corrected chi connectivity index (χ2v) is 11.0. The fraction of sp³-hybridized carbons (Fsp3) is 0.333. The number of rotatable bonds is 4. The van der Waals surface area contributed by atoms with E-state index >= 15 is 0 Å². The molecule has 0 spiro atoms. The van der Waals surface area contributed by atoms with E-state index in [1.54, 1.807) is 21.6 Å². The second kappa shape index (κ2) is 9.59. The maximum absolute atomic E-state index is 13.7. The SMILES string of the molecule is Cc1cccn2c(=O)c(/C=C3\SC(=S)N([C@@H](C)c4ccccc4)C3=O)c(N3CCC(C)CC3)nc12. The number of anilines is 1. The number of fused-ring (bicyclic) bond motifs is 1. The summed E-state index contributed by atoms with van der Waals surface area (Å²) in [6.45, 7) is 7.85. The number of amides is 1. The first-order valence-electron chi connectivity index (χ1n) is 11.9. The van der Waals surface area contributed by atoms with Crippen molar-refractivity contribution in [3.8, 4) is 0 Å².